The van der Waals surface area contributed by atoms with Crippen LogP contribution < -0.4 is 0 Å². The molecule has 296 valence electrons. The Bertz CT molecular complexity index is 3630. The van der Waals surface area contributed by atoms with Crippen LogP contribution in [0.2, 0.25) is 0 Å². The van der Waals surface area contributed by atoms with Crippen molar-refractivity contribution in [3.8, 4) is 34.4 Å². The normalized spacial score (nSPS) is 12.4. The Morgan fingerprint density at radius 2 is 1.02 bits per heavy atom. The van der Waals surface area contributed by atoms with Gasteiger partial charge in [0.15, 0.2) is 5.82 Å². The molecule has 0 spiro atoms. The van der Waals surface area contributed by atoms with E-state index in [4.69, 9.17) is 19.4 Å². The van der Waals surface area contributed by atoms with E-state index in [-0.39, 0.29) is 0 Å². The molecule has 0 aliphatic heterocycles. The molecule has 12 rings (SSSR count). The number of fused-ring (bicyclic) bond motifs is 9. The summed E-state index contributed by atoms with van der Waals surface area (Å²) in [5.74, 6) is 2.03. The minimum Gasteiger partial charge on any atom is -0.455 e. The van der Waals surface area contributed by atoms with Crippen LogP contribution in [0.4, 0.5) is 0 Å². The fourth-order valence-corrected chi connectivity index (χ4v) is 9.81. The number of furan rings is 1. The molecule has 1 atom stereocenters. The third-order valence-electron chi connectivity index (χ3n) is 12.8. The molecule has 0 aliphatic rings. The van der Waals surface area contributed by atoms with Gasteiger partial charge in [0.05, 0.1) is 27.6 Å². The van der Waals surface area contributed by atoms with Crippen LogP contribution in [0, 0.1) is 6.92 Å². The molecule has 0 bridgehead atoms. The first-order valence-corrected chi connectivity index (χ1v) is 21.5. The van der Waals surface area contributed by atoms with Gasteiger partial charge in [0.1, 0.15) is 11.2 Å². The van der Waals surface area contributed by atoms with Crippen LogP contribution >= 0.6 is 0 Å². The molecule has 6 heteroatoms. The van der Waals surface area contributed by atoms with Crippen molar-refractivity contribution in [3.63, 3.8) is 0 Å². The zero-order valence-electron chi connectivity index (χ0n) is 34.5. The summed E-state index contributed by atoms with van der Waals surface area (Å²) in [5.41, 5.74) is 12.9. The van der Waals surface area contributed by atoms with Crippen molar-refractivity contribution in [2.45, 2.75) is 32.6 Å². The third-order valence-corrected chi connectivity index (χ3v) is 12.8. The zero-order valence-corrected chi connectivity index (χ0v) is 34.5. The van der Waals surface area contributed by atoms with E-state index in [2.05, 4.69) is 187 Å². The quantitative estimate of drug-likeness (QED) is 0.154. The van der Waals surface area contributed by atoms with E-state index in [0.29, 0.717) is 23.6 Å². The number of para-hydroxylation sites is 5. The molecule has 0 N–H and O–H groups in total. The number of nitrogens with zero attached hydrogens (tertiary/aromatic N) is 5. The van der Waals surface area contributed by atoms with Gasteiger partial charge in [-0.15, -0.1) is 0 Å². The van der Waals surface area contributed by atoms with Crippen molar-refractivity contribution >= 4 is 65.6 Å². The molecule has 0 amide bonds. The Kier molecular flexibility index (Phi) is 8.39. The van der Waals surface area contributed by atoms with Gasteiger partial charge in [-0.05, 0) is 96.0 Å². The number of hydrogen-bond acceptors (Lipinski definition) is 4. The fourth-order valence-electron chi connectivity index (χ4n) is 9.81. The average molecular weight is 800 g/mol. The average Bonchev–Trinajstić information content (AvgIpc) is 3.98. The van der Waals surface area contributed by atoms with Crippen molar-refractivity contribution in [2.24, 2.45) is 0 Å². The standard InChI is InChI=1S/C56H41N5O/c1-3-36(37-18-5-4-6-19-37)33-38-20-7-8-21-39(38)46-34-47-42-24-11-15-30-50(42)61(51(47)32-35(46)2)56-58-54(45-27-17-26-44-43-25-12-16-31-52(43)62-53(44)45)57-55(59-56)60-48-28-13-9-22-40(48)41-23-10-14-29-49(41)60/h4-32,34,36H,3,33H2,1-2H3. The Morgan fingerprint density at radius 1 is 0.468 bits per heavy atom. The minimum atomic E-state index is 0.426. The number of hydrogen-bond donors (Lipinski definition) is 0. The van der Waals surface area contributed by atoms with Gasteiger partial charge in [-0.25, -0.2) is 0 Å². The van der Waals surface area contributed by atoms with Gasteiger partial charge in [-0.2, -0.15) is 15.0 Å². The van der Waals surface area contributed by atoms with Crippen molar-refractivity contribution in [1.82, 2.24) is 24.1 Å². The number of benzene rings is 8. The lowest BCUT2D eigenvalue weighted by molar-refractivity contribution is 0.661. The summed E-state index contributed by atoms with van der Waals surface area (Å²) in [6.07, 6.45) is 2.03. The van der Waals surface area contributed by atoms with E-state index in [0.717, 1.165) is 84.0 Å². The van der Waals surface area contributed by atoms with E-state index < -0.39 is 0 Å². The van der Waals surface area contributed by atoms with Gasteiger partial charge in [0.2, 0.25) is 11.9 Å². The molecule has 4 heterocycles. The highest BCUT2D eigenvalue weighted by molar-refractivity contribution is 6.12. The first-order chi connectivity index (χ1) is 30.6. The smallest absolute Gasteiger partial charge is 0.240 e. The minimum absolute atomic E-state index is 0.426. The van der Waals surface area contributed by atoms with E-state index in [9.17, 15) is 0 Å². The van der Waals surface area contributed by atoms with Crippen molar-refractivity contribution < 1.29 is 4.42 Å². The van der Waals surface area contributed by atoms with Crippen molar-refractivity contribution in [1.29, 1.82) is 0 Å². The maximum absolute atomic E-state index is 6.60. The van der Waals surface area contributed by atoms with E-state index in [1.807, 2.05) is 18.2 Å². The zero-order chi connectivity index (χ0) is 41.3. The largest absolute Gasteiger partial charge is 0.455 e. The van der Waals surface area contributed by atoms with Gasteiger partial charge >= 0.3 is 0 Å². The van der Waals surface area contributed by atoms with E-state index in [1.54, 1.807) is 0 Å². The molecule has 62 heavy (non-hydrogen) atoms. The summed E-state index contributed by atoms with van der Waals surface area (Å²) in [5, 5.41) is 6.64. The molecule has 0 saturated heterocycles. The molecule has 8 aromatic carbocycles. The second-order valence-corrected chi connectivity index (χ2v) is 16.3. The summed E-state index contributed by atoms with van der Waals surface area (Å²) in [7, 11) is 0. The molecule has 6 nitrogen and oxygen atoms in total. The van der Waals surface area contributed by atoms with E-state index in [1.165, 1.54) is 27.8 Å². The SMILES string of the molecule is CCC(Cc1ccccc1-c1cc2c3ccccc3n(-c3nc(-c4cccc5c4oc4ccccc45)nc(-n4c5ccccc5c5ccccc54)n3)c2cc1C)c1ccccc1. The van der Waals surface area contributed by atoms with Crippen molar-refractivity contribution in [2.75, 3.05) is 0 Å². The van der Waals surface area contributed by atoms with Gasteiger partial charge in [0.25, 0.3) is 0 Å². The summed E-state index contributed by atoms with van der Waals surface area (Å²) < 4.78 is 11.0. The van der Waals surface area contributed by atoms with Gasteiger partial charge < -0.3 is 4.42 Å². The molecule has 0 radical (unpaired) electrons. The van der Waals surface area contributed by atoms with Crippen LogP contribution in [-0.2, 0) is 6.42 Å². The first-order valence-electron chi connectivity index (χ1n) is 21.5. The Hall–Kier alpha value is -7.83. The lowest BCUT2D eigenvalue weighted by atomic mass is 9.85. The Labute approximate surface area is 358 Å². The first kappa shape index (κ1) is 36.1. The van der Waals surface area contributed by atoms with Crippen LogP contribution in [0.25, 0.3) is 100.0 Å². The van der Waals surface area contributed by atoms with Gasteiger partial charge in [0, 0.05) is 32.3 Å². The van der Waals surface area contributed by atoms with E-state index >= 15 is 0 Å². The maximum Gasteiger partial charge on any atom is 0.240 e. The predicted octanol–water partition coefficient (Wildman–Crippen LogP) is 14.3. The summed E-state index contributed by atoms with van der Waals surface area (Å²) in [6.45, 7) is 4.52. The molecule has 12 aromatic rings. The molecular weight excluding hydrogens is 759 g/mol. The molecule has 1 unspecified atom stereocenters. The summed E-state index contributed by atoms with van der Waals surface area (Å²) in [6, 6.07) is 64.5. The van der Waals surface area contributed by atoms with Crippen LogP contribution in [0.3, 0.4) is 0 Å². The van der Waals surface area contributed by atoms with Crippen molar-refractivity contribution in [3.05, 3.63) is 199 Å². The number of aromatic nitrogens is 5. The molecule has 0 fully saturated rings. The van der Waals surface area contributed by atoms with Crippen LogP contribution in [0.5, 0.6) is 0 Å². The number of rotatable bonds is 8. The Balaban J connectivity index is 1.11. The van der Waals surface area contributed by atoms with Crippen LogP contribution in [-0.4, -0.2) is 24.1 Å². The molecule has 4 aromatic heterocycles. The second kappa shape index (κ2) is 14.4. The third kappa shape index (κ3) is 5.67. The molecule has 0 saturated carbocycles. The van der Waals surface area contributed by atoms with Crippen LogP contribution in [0.15, 0.2) is 186 Å². The highest BCUT2D eigenvalue weighted by atomic mass is 16.3. The lowest BCUT2D eigenvalue weighted by Crippen LogP contribution is -2.10. The summed E-state index contributed by atoms with van der Waals surface area (Å²) >= 11 is 0. The van der Waals surface area contributed by atoms with Gasteiger partial charge in [-0.1, -0.05) is 146 Å². The summed E-state index contributed by atoms with van der Waals surface area (Å²) in [4.78, 5) is 16.2. The molecular formula is C56H41N5O. The highest BCUT2D eigenvalue weighted by Gasteiger charge is 2.24. The predicted molar refractivity (Wildman–Crippen MR) is 255 cm³/mol. The van der Waals surface area contributed by atoms with Crippen LogP contribution in [0.1, 0.15) is 36.0 Å². The molecule has 0 aliphatic carbocycles. The highest BCUT2D eigenvalue weighted by Crippen LogP contribution is 2.40. The fraction of sp³-hybridized carbons (Fsp3) is 0.0893. The van der Waals surface area contributed by atoms with Gasteiger partial charge in [-0.3, -0.25) is 9.13 Å². The number of aryl methyl sites for hydroxylation is 1. The second-order valence-electron chi connectivity index (χ2n) is 16.3. The maximum atomic E-state index is 6.60. The topological polar surface area (TPSA) is 61.7 Å². The monoisotopic (exact) mass is 799 g/mol. The lowest BCUT2D eigenvalue weighted by Gasteiger charge is -2.19. The Morgan fingerprint density at radius 3 is 1.71 bits per heavy atom.